The summed E-state index contributed by atoms with van der Waals surface area (Å²) in [6, 6.07) is -1.19. The number of aliphatic hydroxyl groups excluding tert-OH is 2. The molecule has 5 atom stereocenters. The standard InChI is InChI=1S/C15H28N4O4/c1-5-10(21)13(22)14-12(18-8(4)20)9(19-15(16)17)6-11(23-14)7(2)3/h6-7,9-10,12-14,21-22H,5H2,1-4H3,(H,18,20)(H4,16,17,19)/t9-,10+,12+,13+,14+/m0/s1. The predicted octanol–water partition coefficient (Wildman–Crippen LogP) is -0.587. The van der Waals surface area contributed by atoms with Gasteiger partial charge in [-0.1, -0.05) is 20.8 Å². The van der Waals surface area contributed by atoms with Gasteiger partial charge in [0.1, 0.15) is 12.2 Å². The van der Waals surface area contributed by atoms with E-state index in [-0.39, 0.29) is 17.8 Å². The number of nitrogens with one attached hydrogen (secondary N) is 3. The van der Waals surface area contributed by atoms with Crippen LogP contribution in [0.2, 0.25) is 0 Å². The first kappa shape index (κ1) is 19.2. The molecule has 0 aromatic rings. The minimum Gasteiger partial charge on any atom is -0.490 e. The molecule has 0 bridgehead atoms. The summed E-state index contributed by atoms with van der Waals surface area (Å²) in [7, 11) is 0. The second-order valence-electron chi connectivity index (χ2n) is 6.08. The van der Waals surface area contributed by atoms with Gasteiger partial charge in [-0.3, -0.25) is 10.2 Å². The molecule has 8 heteroatoms. The van der Waals surface area contributed by atoms with E-state index in [0.29, 0.717) is 12.2 Å². The van der Waals surface area contributed by atoms with Gasteiger partial charge in [-0.15, -0.1) is 0 Å². The first-order valence-electron chi connectivity index (χ1n) is 7.79. The Morgan fingerprint density at radius 1 is 1.43 bits per heavy atom. The van der Waals surface area contributed by atoms with Gasteiger partial charge in [0.25, 0.3) is 0 Å². The van der Waals surface area contributed by atoms with Gasteiger partial charge < -0.3 is 31.3 Å². The number of guanidine groups is 1. The molecule has 0 aromatic heterocycles. The van der Waals surface area contributed by atoms with Crippen molar-refractivity contribution in [2.24, 2.45) is 11.7 Å². The van der Waals surface area contributed by atoms with E-state index in [2.05, 4.69) is 10.6 Å². The Kier molecular flexibility index (Phi) is 6.83. The number of nitrogens with two attached hydrogens (primary N) is 1. The van der Waals surface area contributed by atoms with Crippen LogP contribution < -0.4 is 16.4 Å². The minimum absolute atomic E-state index is 0.0398. The number of aliphatic hydroxyl groups is 2. The van der Waals surface area contributed by atoms with Crippen molar-refractivity contribution >= 4 is 11.9 Å². The summed E-state index contributed by atoms with van der Waals surface area (Å²) in [6.45, 7) is 6.95. The third-order valence-corrected chi connectivity index (χ3v) is 3.77. The molecule has 1 amide bonds. The smallest absolute Gasteiger partial charge is 0.217 e. The molecule has 23 heavy (non-hydrogen) atoms. The molecule has 0 aliphatic carbocycles. The highest BCUT2D eigenvalue weighted by molar-refractivity contribution is 5.76. The third kappa shape index (κ3) is 5.11. The second-order valence-corrected chi connectivity index (χ2v) is 6.08. The fourth-order valence-corrected chi connectivity index (χ4v) is 2.54. The van der Waals surface area contributed by atoms with Crippen molar-refractivity contribution in [3.05, 3.63) is 11.8 Å². The molecule has 0 saturated heterocycles. The number of carbonyl (C=O) groups excluding carboxylic acids is 1. The van der Waals surface area contributed by atoms with E-state index in [1.807, 2.05) is 13.8 Å². The van der Waals surface area contributed by atoms with Crippen molar-refractivity contribution in [3.63, 3.8) is 0 Å². The van der Waals surface area contributed by atoms with Crippen LogP contribution in [-0.2, 0) is 9.53 Å². The van der Waals surface area contributed by atoms with Crippen LogP contribution in [0.1, 0.15) is 34.1 Å². The second kappa shape index (κ2) is 8.16. The van der Waals surface area contributed by atoms with E-state index in [4.69, 9.17) is 15.9 Å². The van der Waals surface area contributed by atoms with E-state index >= 15 is 0 Å². The molecule has 1 heterocycles. The Balaban J connectivity index is 3.19. The maximum Gasteiger partial charge on any atom is 0.217 e. The monoisotopic (exact) mass is 328 g/mol. The largest absolute Gasteiger partial charge is 0.490 e. The molecular weight excluding hydrogens is 300 g/mol. The molecule has 1 aliphatic heterocycles. The zero-order valence-electron chi connectivity index (χ0n) is 14.0. The normalized spacial score (nSPS) is 26.7. The molecule has 0 spiro atoms. The van der Waals surface area contributed by atoms with Crippen LogP contribution >= 0.6 is 0 Å². The number of ether oxygens (including phenoxy) is 1. The van der Waals surface area contributed by atoms with Crippen LogP contribution in [0.25, 0.3) is 0 Å². The van der Waals surface area contributed by atoms with E-state index in [1.54, 1.807) is 13.0 Å². The quantitative estimate of drug-likeness (QED) is 0.284. The maximum atomic E-state index is 11.5. The lowest BCUT2D eigenvalue weighted by Crippen LogP contribution is -2.63. The SMILES string of the molecule is CC[C@@H](O)[C@@H](O)[C@@H]1OC(C(C)C)=C[C@H](NC(=N)N)[C@H]1NC(C)=O. The highest BCUT2D eigenvalue weighted by Crippen LogP contribution is 2.27. The zero-order chi connectivity index (χ0) is 17.7. The Bertz CT molecular complexity index is 466. The summed E-state index contributed by atoms with van der Waals surface area (Å²) in [5, 5.41) is 33.3. The molecule has 8 nitrogen and oxygen atoms in total. The Morgan fingerprint density at radius 3 is 2.48 bits per heavy atom. The van der Waals surface area contributed by atoms with Gasteiger partial charge in [0.15, 0.2) is 5.96 Å². The molecule has 132 valence electrons. The lowest BCUT2D eigenvalue weighted by atomic mass is 9.90. The molecule has 0 unspecified atom stereocenters. The Hall–Kier alpha value is -1.80. The van der Waals surface area contributed by atoms with Crippen molar-refractivity contribution in [2.45, 2.75) is 64.5 Å². The number of allylic oxidation sites excluding steroid dienone is 1. The minimum atomic E-state index is -1.18. The maximum absolute atomic E-state index is 11.5. The highest BCUT2D eigenvalue weighted by Gasteiger charge is 2.42. The van der Waals surface area contributed by atoms with Crippen LogP contribution in [-0.4, -0.2) is 52.5 Å². The van der Waals surface area contributed by atoms with Crippen LogP contribution in [0.3, 0.4) is 0 Å². The van der Waals surface area contributed by atoms with Crippen molar-refractivity contribution in [1.82, 2.24) is 10.6 Å². The zero-order valence-corrected chi connectivity index (χ0v) is 14.0. The summed E-state index contributed by atoms with van der Waals surface area (Å²) in [4.78, 5) is 11.5. The number of carbonyl (C=O) groups is 1. The Morgan fingerprint density at radius 2 is 2.04 bits per heavy atom. The van der Waals surface area contributed by atoms with Gasteiger partial charge in [-0.25, -0.2) is 0 Å². The fraction of sp³-hybridized carbons (Fsp3) is 0.733. The van der Waals surface area contributed by atoms with E-state index in [0.717, 1.165) is 0 Å². The van der Waals surface area contributed by atoms with Gasteiger partial charge >= 0.3 is 0 Å². The van der Waals surface area contributed by atoms with Crippen molar-refractivity contribution < 1.29 is 19.7 Å². The number of hydrogen-bond acceptors (Lipinski definition) is 5. The number of rotatable bonds is 6. The van der Waals surface area contributed by atoms with Crippen LogP contribution in [0.15, 0.2) is 11.8 Å². The van der Waals surface area contributed by atoms with Crippen LogP contribution in [0, 0.1) is 11.3 Å². The van der Waals surface area contributed by atoms with Gasteiger partial charge in [0, 0.05) is 12.8 Å². The molecule has 1 aliphatic rings. The predicted molar refractivity (Wildman–Crippen MR) is 86.5 cm³/mol. The van der Waals surface area contributed by atoms with Crippen molar-refractivity contribution in [2.75, 3.05) is 0 Å². The molecule has 7 N–H and O–H groups in total. The van der Waals surface area contributed by atoms with Crippen LogP contribution in [0.5, 0.6) is 0 Å². The summed E-state index contributed by atoms with van der Waals surface area (Å²) in [5.41, 5.74) is 5.42. The van der Waals surface area contributed by atoms with E-state index < -0.39 is 30.4 Å². The average molecular weight is 328 g/mol. The number of hydrogen-bond donors (Lipinski definition) is 6. The Labute approximate surface area is 136 Å². The highest BCUT2D eigenvalue weighted by atomic mass is 16.5. The lowest BCUT2D eigenvalue weighted by molar-refractivity contribution is -0.126. The summed E-state index contributed by atoms with van der Waals surface area (Å²) in [6.07, 6.45) is -0.933. The van der Waals surface area contributed by atoms with Crippen molar-refractivity contribution in [1.29, 1.82) is 5.41 Å². The van der Waals surface area contributed by atoms with Gasteiger partial charge in [-0.05, 0) is 12.5 Å². The van der Waals surface area contributed by atoms with E-state index in [9.17, 15) is 15.0 Å². The molecule has 0 radical (unpaired) electrons. The van der Waals surface area contributed by atoms with Gasteiger partial charge in [-0.2, -0.15) is 0 Å². The summed E-state index contributed by atoms with van der Waals surface area (Å²) < 4.78 is 5.84. The van der Waals surface area contributed by atoms with Gasteiger partial charge in [0.2, 0.25) is 5.91 Å². The van der Waals surface area contributed by atoms with Crippen molar-refractivity contribution in [3.8, 4) is 0 Å². The third-order valence-electron chi connectivity index (χ3n) is 3.77. The number of amides is 1. The lowest BCUT2D eigenvalue weighted by Gasteiger charge is -2.41. The molecular formula is C15H28N4O4. The summed E-state index contributed by atoms with van der Waals surface area (Å²) >= 11 is 0. The first-order chi connectivity index (χ1) is 10.7. The van der Waals surface area contributed by atoms with Crippen LogP contribution in [0.4, 0.5) is 0 Å². The van der Waals surface area contributed by atoms with E-state index in [1.165, 1.54) is 6.92 Å². The summed E-state index contributed by atoms with van der Waals surface area (Å²) in [5.74, 6) is 0.0881. The fourth-order valence-electron chi connectivity index (χ4n) is 2.54. The first-order valence-corrected chi connectivity index (χ1v) is 7.79. The average Bonchev–Trinajstić information content (AvgIpc) is 2.45. The molecule has 1 rings (SSSR count). The topological polar surface area (TPSA) is 141 Å². The van der Waals surface area contributed by atoms with Gasteiger partial charge in [0.05, 0.1) is 23.9 Å². The molecule has 0 saturated carbocycles. The molecule has 0 aromatic carbocycles. The molecule has 0 fully saturated rings.